The van der Waals surface area contributed by atoms with Gasteiger partial charge in [-0.1, -0.05) is 0 Å². The molecule has 2 atom stereocenters. The lowest BCUT2D eigenvalue weighted by Gasteiger charge is -2.26. The minimum atomic E-state index is -0.284. The summed E-state index contributed by atoms with van der Waals surface area (Å²) in [6.45, 7) is 0. The van der Waals surface area contributed by atoms with E-state index in [0.717, 1.165) is 19.3 Å². The lowest BCUT2D eigenvalue weighted by molar-refractivity contribution is 0.0512. The molecule has 1 aliphatic carbocycles. The molecule has 1 heterocycles. The van der Waals surface area contributed by atoms with Gasteiger partial charge in [0.1, 0.15) is 17.7 Å². The fourth-order valence-corrected chi connectivity index (χ4v) is 1.96. The Morgan fingerprint density at radius 1 is 1.50 bits per heavy atom. The molecule has 0 spiro atoms. The van der Waals surface area contributed by atoms with Crippen molar-refractivity contribution in [1.82, 2.24) is 4.98 Å². The van der Waals surface area contributed by atoms with Gasteiger partial charge in [-0.25, -0.2) is 4.98 Å². The van der Waals surface area contributed by atoms with Crippen LogP contribution < -0.4 is 4.74 Å². The van der Waals surface area contributed by atoms with Gasteiger partial charge < -0.3 is 9.84 Å². The van der Waals surface area contributed by atoms with Crippen LogP contribution in [0.3, 0.4) is 0 Å². The molecule has 0 saturated heterocycles. The quantitative estimate of drug-likeness (QED) is 0.819. The molecule has 2 unspecified atom stereocenters. The molecule has 1 fully saturated rings. The van der Waals surface area contributed by atoms with E-state index in [1.54, 1.807) is 18.3 Å². The first-order chi connectivity index (χ1) is 7.79. The van der Waals surface area contributed by atoms with Crippen LogP contribution in [0.1, 0.15) is 31.2 Å². The van der Waals surface area contributed by atoms with Gasteiger partial charge in [-0.3, -0.25) is 0 Å². The van der Waals surface area contributed by atoms with Crippen molar-refractivity contribution < 1.29 is 9.84 Å². The Hall–Kier alpha value is -1.60. The maximum Gasteiger partial charge on any atom is 0.231 e. The number of pyridine rings is 1. The second kappa shape index (κ2) is 4.95. The van der Waals surface area contributed by atoms with Crippen molar-refractivity contribution in [1.29, 1.82) is 5.26 Å². The van der Waals surface area contributed by atoms with Gasteiger partial charge in [-0.2, -0.15) is 5.26 Å². The zero-order chi connectivity index (χ0) is 11.4. The van der Waals surface area contributed by atoms with Gasteiger partial charge in [0.2, 0.25) is 5.88 Å². The maximum absolute atomic E-state index is 9.52. The van der Waals surface area contributed by atoms with E-state index in [-0.39, 0.29) is 12.2 Å². The molecule has 1 N–H and O–H groups in total. The van der Waals surface area contributed by atoms with Gasteiger partial charge in [0.25, 0.3) is 0 Å². The van der Waals surface area contributed by atoms with Crippen LogP contribution in [0.4, 0.5) is 0 Å². The van der Waals surface area contributed by atoms with Crippen molar-refractivity contribution in [2.45, 2.75) is 37.9 Å². The molecular weight excluding hydrogens is 204 g/mol. The molecule has 0 aromatic carbocycles. The molecule has 1 aliphatic rings. The number of hydrogen-bond donors (Lipinski definition) is 1. The van der Waals surface area contributed by atoms with E-state index in [9.17, 15) is 5.11 Å². The van der Waals surface area contributed by atoms with Crippen LogP contribution in [0.25, 0.3) is 0 Å². The summed E-state index contributed by atoms with van der Waals surface area (Å²) < 4.78 is 5.65. The molecule has 0 amide bonds. The second-order valence-electron chi connectivity index (χ2n) is 4.03. The van der Waals surface area contributed by atoms with E-state index in [1.807, 2.05) is 6.07 Å². The normalized spacial score (nSPS) is 24.8. The Morgan fingerprint density at radius 2 is 2.38 bits per heavy atom. The van der Waals surface area contributed by atoms with Crippen LogP contribution in [-0.4, -0.2) is 22.3 Å². The highest BCUT2D eigenvalue weighted by Crippen LogP contribution is 2.24. The third kappa shape index (κ3) is 2.50. The number of nitrogens with zero attached hydrogens (tertiary/aromatic N) is 2. The van der Waals surface area contributed by atoms with Crippen molar-refractivity contribution in [2.75, 3.05) is 0 Å². The van der Waals surface area contributed by atoms with Crippen molar-refractivity contribution in [3.63, 3.8) is 0 Å². The predicted molar refractivity (Wildman–Crippen MR) is 57.8 cm³/mol. The van der Waals surface area contributed by atoms with E-state index in [1.165, 1.54) is 0 Å². The molecule has 1 saturated carbocycles. The summed E-state index contributed by atoms with van der Waals surface area (Å²) in [7, 11) is 0. The highest BCUT2D eigenvalue weighted by atomic mass is 16.5. The highest BCUT2D eigenvalue weighted by molar-refractivity contribution is 5.37. The largest absolute Gasteiger partial charge is 0.473 e. The zero-order valence-corrected chi connectivity index (χ0v) is 8.97. The first-order valence-electron chi connectivity index (χ1n) is 5.49. The molecule has 2 rings (SSSR count). The second-order valence-corrected chi connectivity index (χ2v) is 4.03. The van der Waals surface area contributed by atoms with Crippen LogP contribution in [0.5, 0.6) is 5.88 Å². The number of aromatic nitrogens is 1. The van der Waals surface area contributed by atoms with Gasteiger partial charge in [0.15, 0.2) is 0 Å². The minimum absolute atomic E-state index is 0.0225. The Bertz CT molecular complexity index is 400. The van der Waals surface area contributed by atoms with E-state index in [4.69, 9.17) is 10.00 Å². The van der Waals surface area contributed by atoms with Crippen molar-refractivity contribution in [3.05, 3.63) is 23.9 Å². The fourth-order valence-electron chi connectivity index (χ4n) is 1.96. The topological polar surface area (TPSA) is 66.1 Å². The van der Waals surface area contributed by atoms with Gasteiger partial charge in [0, 0.05) is 12.6 Å². The fraction of sp³-hybridized carbons (Fsp3) is 0.500. The lowest BCUT2D eigenvalue weighted by Crippen LogP contribution is -2.28. The van der Waals surface area contributed by atoms with E-state index >= 15 is 0 Å². The monoisotopic (exact) mass is 218 g/mol. The Balaban J connectivity index is 2.06. The summed E-state index contributed by atoms with van der Waals surface area (Å²) >= 11 is 0. The van der Waals surface area contributed by atoms with Crippen molar-refractivity contribution >= 4 is 0 Å². The average Bonchev–Trinajstić information content (AvgIpc) is 2.30. The summed E-state index contributed by atoms with van der Waals surface area (Å²) in [6.07, 6.45) is 4.64. The predicted octanol–water partition coefficient (Wildman–Crippen LogP) is 1.64. The van der Waals surface area contributed by atoms with Gasteiger partial charge in [-0.15, -0.1) is 0 Å². The molecule has 0 aliphatic heterocycles. The summed E-state index contributed by atoms with van der Waals surface area (Å²) in [6, 6.07) is 5.44. The van der Waals surface area contributed by atoms with Crippen molar-refractivity contribution in [3.8, 4) is 11.9 Å². The molecule has 1 aromatic heterocycles. The zero-order valence-electron chi connectivity index (χ0n) is 8.97. The third-order valence-electron chi connectivity index (χ3n) is 2.77. The van der Waals surface area contributed by atoms with E-state index in [2.05, 4.69) is 4.98 Å². The molecular formula is C12H14N2O2. The minimum Gasteiger partial charge on any atom is -0.473 e. The SMILES string of the molecule is N#Cc1cccnc1OC1CCCC(O)C1. The molecule has 0 bridgehead atoms. The van der Waals surface area contributed by atoms with Gasteiger partial charge in [-0.05, 0) is 31.4 Å². The lowest BCUT2D eigenvalue weighted by atomic mass is 9.95. The summed E-state index contributed by atoms with van der Waals surface area (Å²) in [5.74, 6) is 0.379. The molecule has 16 heavy (non-hydrogen) atoms. The standard InChI is InChI=1S/C12H14N2O2/c13-8-9-3-2-6-14-12(9)16-11-5-1-4-10(15)7-11/h2-3,6,10-11,15H,1,4-5,7H2. The molecule has 4 heteroatoms. The number of nitriles is 1. The summed E-state index contributed by atoms with van der Waals surface area (Å²) in [5, 5.41) is 18.4. The summed E-state index contributed by atoms with van der Waals surface area (Å²) in [4.78, 5) is 4.04. The van der Waals surface area contributed by atoms with E-state index < -0.39 is 0 Å². The number of aliphatic hydroxyl groups is 1. The Morgan fingerprint density at radius 3 is 3.12 bits per heavy atom. The van der Waals surface area contributed by atoms with Crippen LogP contribution in [0.15, 0.2) is 18.3 Å². The van der Waals surface area contributed by atoms with Crippen LogP contribution in [-0.2, 0) is 0 Å². The average molecular weight is 218 g/mol. The smallest absolute Gasteiger partial charge is 0.231 e. The van der Waals surface area contributed by atoms with Gasteiger partial charge in [0.05, 0.1) is 6.10 Å². The summed E-state index contributed by atoms with van der Waals surface area (Å²) in [5.41, 5.74) is 0.447. The third-order valence-corrected chi connectivity index (χ3v) is 2.77. The molecule has 0 radical (unpaired) electrons. The van der Waals surface area contributed by atoms with Crippen LogP contribution >= 0.6 is 0 Å². The number of aliphatic hydroxyl groups excluding tert-OH is 1. The number of hydrogen-bond acceptors (Lipinski definition) is 4. The van der Waals surface area contributed by atoms with E-state index in [0.29, 0.717) is 17.9 Å². The Labute approximate surface area is 94.5 Å². The van der Waals surface area contributed by atoms with Crippen LogP contribution in [0, 0.1) is 11.3 Å². The molecule has 1 aromatic rings. The molecule has 4 nitrogen and oxygen atoms in total. The Kier molecular flexibility index (Phi) is 3.37. The van der Waals surface area contributed by atoms with Crippen LogP contribution in [0.2, 0.25) is 0 Å². The number of rotatable bonds is 2. The number of ether oxygens (including phenoxy) is 1. The maximum atomic E-state index is 9.52. The first-order valence-corrected chi connectivity index (χ1v) is 5.49. The highest BCUT2D eigenvalue weighted by Gasteiger charge is 2.22. The van der Waals surface area contributed by atoms with Crippen molar-refractivity contribution in [2.24, 2.45) is 0 Å². The molecule has 84 valence electrons. The van der Waals surface area contributed by atoms with Gasteiger partial charge >= 0.3 is 0 Å². The first kappa shape index (κ1) is 10.9.